The number of fused-ring (bicyclic) bond motifs is 1. The van der Waals surface area contributed by atoms with Gasteiger partial charge in [0.1, 0.15) is 4.47 Å². The molecule has 2 rings (SSSR count). The van der Waals surface area contributed by atoms with E-state index in [0.717, 1.165) is 23.2 Å². The van der Waals surface area contributed by atoms with Crippen molar-refractivity contribution in [1.29, 1.82) is 0 Å². The summed E-state index contributed by atoms with van der Waals surface area (Å²) in [4.78, 5) is 11.4. The van der Waals surface area contributed by atoms with Crippen LogP contribution < -0.4 is 5.63 Å². The number of hydrogen-bond donors (Lipinski definition) is 0. The maximum Gasteiger partial charge on any atom is 0.352 e. The maximum absolute atomic E-state index is 11.4. The average molecular weight is 271 g/mol. The second kappa shape index (κ2) is 3.48. The Hall–Kier alpha value is -1.10. The van der Waals surface area contributed by atoms with Crippen molar-refractivity contribution in [2.24, 2.45) is 0 Å². The fourth-order valence-electron chi connectivity index (χ4n) is 1.72. The molecule has 0 amide bonds. The zero-order valence-electron chi connectivity index (χ0n) is 8.80. The Morgan fingerprint density at radius 2 is 2.13 bits per heavy atom. The van der Waals surface area contributed by atoms with Crippen molar-refractivity contribution in [1.82, 2.24) is 9.78 Å². The van der Waals surface area contributed by atoms with Crippen LogP contribution in [0, 0.1) is 13.8 Å². The zero-order valence-corrected chi connectivity index (χ0v) is 10.4. The van der Waals surface area contributed by atoms with E-state index in [1.165, 1.54) is 0 Å². The second-order valence-electron chi connectivity index (χ2n) is 3.41. The largest absolute Gasteiger partial charge is 0.401 e. The minimum Gasteiger partial charge on any atom is -0.401 e. The van der Waals surface area contributed by atoms with Gasteiger partial charge in [-0.05, 0) is 42.3 Å². The van der Waals surface area contributed by atoms with Crippen molar-refractivity contribution < 1.29 is 4.42 Å². The van der Waals surface area contributed by atoms with Crippen LogP contribution in [-0.4, -0.2) is 9.78 Å². The molecule has 0 radical (unpaired) electrons. The lowest BCUT2D eigenvalue weighted by Gasteiger charge is -1.99. The van der Waals surface area contributed by atoms with E-state index in [-0.39, 0.29) is 5.63 Å². The summed E-state index contributed by atoms with van der Waals surface area (Å²) in [6, 6.07) is 0. The number of aryl methyl sites for hydroxylation is 3. The van der Waals surface area contributed by atoms with Gasteiger partial charge in [0.2, 0.25) is 5.71 Å². The van der Waals surface area contributed by atoms with Crippen LogP contribution in [-0.2, 0) is 6.54 Å². The average Bonchev–Trinajstić information content (AvgIpc) is 2.52. The predicted molar refractivity (Wildman–Crippen MR) is 61.1 cm³/mol. The minimum atomic E-state index is -0.374. The third-order valence-corrected chi connectivity index (χ3v) is 3.47. The van der Waals surface area contributed by atoms with E-state index < -0.39 is 0 Å². The molecule has 5 heteroatoms. The van der Waals surface area contributed by atoms with Gasteiger partial charge < -0.3 is 4.42 Å². The van der Waals surface area contributed by atoms with Crippen LogP contribution in [0.3, 0.4) is 0 Å². The van der Waals surface area contributed by atoms with Crippen molar-refractivity contribution in [2.45, 2.75) is 27.3 Å². The summed E-state index contributed by atoms with van der Waals surface area (Å²) in [7, 11) is 0. The van der Waals surface area contributed by atoms with Crippen LogP contribution in [0.15, 0.2) is 13.7 Å². The van der Waals surface area contributed by atoms with Gasteiger partial charge in [0.05, 0.1) is 5.39 Å². The Bertz CT molecular complexity index is 583. The molecule has 0 aromatic carbocycles. The van der Waals surface area contributed by atoms with E-state index in [0.29, 0.717) is 10.2 Å². The standard InChI is InChI=1S/C10H11BrN2O2/c1-4-13-6(3)7-5(2)8(11)10(14)15-9(7)12-13/h4H2,1-3H3. The summed E-state index contributed by atoms with van der Waals surface area (Å²) >= 11 is 3.22. The van der Waals surface area contributed by atoms with Gasteiger partial charge in [-0.25, -0.2) is 4.79 Å². The van der Waals surface area contributed by atoms with Crippen molar-refractivity contribution in [3.05, 3.63) is 26.2 Å². The Balaban J connectivity index is 2.97. The first-order valence-corrected chi connectivity index (χ1v) is 5.51. The van der Waals surface area contributed by atoms with Gasteiger partial charge in [0.15, 0.2) is 0 Å². The van der Waals surface area contributed by atoms with Crippen molar-refractivity contribution in [2.75, 3.05) is 0 Å². The molecule has 0 aliphatic carbocycles. The number of hydrogen-bond acceptors (Lipinski definition) is 3. The normalized spacial score (nSPS) is 11.2. The molecular formula is C10H11BrN2O2. The molecule has 2 aromatic heterocycles. The van der Waals surface area contributed by atoms with Crippen molar-refractivity contribution >= 4 is 27.0 Å². The molecule has 2 heterocycles. The van der Waals surface area contributed by atoms with Gasteiger partial charge >= 0.3 is 5.63 Å². The summed E-state index contributed by atoms with van der Waals surface area (Å²) in [6.45, 7) is 6.62. The monoisotopic (exact) mass is 270 g/mol. The molecular weight excluding hydrogens is 260 g/mol. The minimum absolute atomic E-state index is 0.374. The molecule has 15 heavy (non-hydrogen) atoms. The van der Waals surface area contributed by atoms with Crippen LogP contribution in [0.25, 0.3) is 11.1 Å². The molecule has 0 bridgehead atoms. The van der Waals surface area contributed by atoms with Gasteiger partial charge in [-0.2, -0.15) is 0 Å². The van der Waals surface area contributed by atoms with E-state index in [1.807, 2.05) is 25.5 Å². The van der Waals surface area contributed by atoms with Crippen molar-refractivity contribution in [3.8, 4) is 0 Å². The zero-order chi connectivity index (χ0) is 11.2. The van der Waals surface area contributed by atoms with E-state index in [2.05, 4.69) is 21.0 Å². The van der Waals surface area contributed by atoms with E-state index in [4.69, 9.17) is 4.42 Å². The lowest BCUT2D eigenvalue weighted by Crippen LogP contribution is -2.01. The summed E-state index contributed by atoms with van der Waals surface area (Å²) in [5, 5.41) is 5.14. The van der Waals surface area contributed by atoms with Gasteiger partial charge in [0.25, 0.3) is 0 Å². The highest BCUT2D eigenvalue weighted by Crippen LogP contribution is 2.24. The van der Waals surface area contributed by atoms with E-state index in [1.54, 1.807) is 0 Å². The maximum atomic E-state index is 11.4. The Morgan fingerprint density at radius 1 is 1.47 bits per heavy atom. The summed E-state index contributed by atoms with van der Waals surface area (Å²) in [5.74, 6) is 0. The molecule has 0 spiro atoms. The summed E-state index contributed by atoms with van der Waals surface area (Å²) in [5.41, 5.74) is 1.95. The number of nitrogens with zero attached hydrogens (tertiary/aromatic N) is 2. The summed E-state index contributed by atoms with van der Waals surface area (Å²) in [6.07, 6.45) is 0. The number of halogens is 1. The van der Waals surface area contributed by atoms with Gasteiger partial charge in [-0.1, -0.05) is 0 Å². The molecule has 0 unspecified atom stereocenters. The predicted octanol–water partition coefficient (Wildman–Crippen LogP) is 2.39. The molecule has 80 valence electrons. The van der Waals surface area contributed by atoms with Crippen LogP contribution in [0.1, 0.15) is 18.2 Å². The molecule has 0 N–H and O–H groups in total. The molecule has 4 nitrogen and oxygen atoms in total. The molecule has 0 fully saturated rings. The molecule has 0 saturated heterocycles. The third-order valence-electron chi connectivity index (χ3n) is 2.55. The van der Waals surface area contributed by atoms with Gasteiger partial charge in [-0.3, -0.25) is 4.68 Å². The Morgan fingerprint density at radius 3 is 2.73 bits per heavy atom. The summed E-state index contributed by atoms with van der Waals surface area (Å²) < 4.78 is 7.41. The fraction of sp³-hybridized carbons (Fsp3) is 0.400. The second-order valence-corrected chi connectivity index (χ2v) is 4.20. The van der Waals surface area contributed by atoms with Gasteiger partial charge in [-0.15, -0.1) is 5.10 Å². The topological polar surface area (TPSA) is 48.0 Å². The van der Waals surface area contributed by atoms with E-state index >= 15 is 0 Å². The van der Waals surface area contributed by atoms with Crippen LogP contribution in [0.2, 0.25) is 0 Å². The molecule has 0 saturated carbocycles. The van der Waals surface area contributed by atoms with E-state index in [9.17, 15) is 4.79 Å². The van der Waals surface area contributed by atoms with Crippen LogP contribution in [0.4, 0.5) is 0 Å². The highest BCUT2D eigenvalue weighted by atomic mass is 79.9. The van der Waals surface area contributed by atoms with Gasteiger partial charge in [0, 0.05) is 12.2 Å². The first-order valence-electron chi connectivity index (χ1n) is 4.72. The Kier molecular flexibility index (Phi) is 2.42. The smallest absolute Gasteiger partial charge is 0.352 e. The number of aromatic nitrogens is 2. The van der Waals surface area contributed by atoms with Crippen LogP contribution >= 0.6 is 15.9 Å². The first-order chi connectivity index (χ1) is 7.06. The molecule has 0 aliphatic rings. The highest BCUT2D eigenvalue weighted by molar-refractivity contribution is 9.10. The lowest BCUT2D eigenvalue weighted by atomic mass is 10.2. The molecule has 0 atom stereocenters. The SMILES string of the molecule is CCn1nc2oc(=O)c(Br)c(C)c2c1C. The van der Waals surface area contributed by atoms with Crippen LogP contribution in [0.5, 0.6) is 0 Å². The first kappa shape index (κ1) is 10.4. The third kappa shape index (κ3) is 1.42. The van der Waals surface area contributed by atoms with Crippen molar-refractivity contribution in [3.63, 3.8) is 0 Å². The lowest BCUT2D eigenvalue weighted by molar-refractivity contribution is 0.528. The number of rotatable bonds is 1. The molecule has 0 aliphatic heterocycles. The molecule has 2 aromatic rings. The highest BCUT2D eigenvalue weighted by Gasteiger charge is 2.15. The fourth-order valence-corrected chi connectivity index (χ4v) is 2.00. The quantitative estimate of drug-likeness (QED) is 0.800. The Labute approximate surface area is 95.0 Å².